The molecule has 3 aromatic rings. The minimum atomic E-state index is -0.0447. The third-order valence-corrected chi connectivity index (χ3v) is 4.84. The zero-order chi connectivity index (χ0) is 20.6. The lowest BCUT2D eigenvalue weighted by Gasteiger charge is -2.24. The molecule has 1 heterocycles. The monoisotopic (exact) mass is 412 g/mol. The first-order chi connectivity index (χ1) is 14.0. The number of nitrogens with zero attached hydrogens (tertiary/aromatic N) is 2. The standard InChI is InChI=1S/C22H25ClN4O2/c1-15(2)19(25-18-6-4-3-5-7-18)14-24-20(28)12-13-21-26-22(27-29-21)16-8-10-17(23)11-9-16/h3-11,15,19,25H,12-14H2,1-2H3,(H,24,28). The lowest BCUT2D eigenvalue weighted by Crippen LogP contribution is -2.39. The second-order valence-corrected chi connectivity index (χ2v) is 7.62. The summed E-state index contributed by atoms with van der Waals surface area (Å²) in [4.78, 5) is 16.6. The smallest absolute Gasteiger partial charge is 0.227 e. The molecule has 1 amide bonds. The summed E-state index contributed by atoms with van der Waals surface area (Å²) in [5, 5.41) is 11.1. The number of halogens is 1. The van der Waals surface area contributed by atoms with Gasteiger partial charge in [-0.25, -0.2) is 0 Å². The number of benzene rings is 2. The summed E-state index contributed by atoms with van der Waals surface area (Å²) >= 11 is 5.89. The van der Waals surface area contributed by atoms with E-state index in [0.29, 0.717) is 42.0 Å². The molecule has 2 aromatic carbocycles. The zero-order valence-corrected chi connectivity index (χ0v) is 17.3. The summed E-state index contributed by atoms with van der Waals surface area (Å²) in [7, 11) is 0. The SMILES string of the molecule is CC(C)C(CNC(=O)CCc1nc(-c2ccc(Cl)cc2)no1)Nc1ccccc1. The lowest BCUT2D eigenvalue weighted by molar-refractivity contribution is -0.121. The molecule has 0 aliphatic heterocycles. The third-order valence-electron chi connectivity index (χ3n) is 4.59. The van der Waals surface area contributed by atoms with Gasteiger partial charge >= 0.3 is 0 Å². The Bertz CT molecular complexity index is 910. The number of aromatic nitrogens is 2. The molecule has 0 spiro atoms. The van der Waals surface area contributed by atoms with Gasteiger partial charge in [0.15, 0.2) is 0 Å². The van der Waals surface area contributed by atoms with Crippen LogP contribution >= 0.6 is 11.6 Å². The molecule has 3 rings (SSSR count). The minimum Gasteiger partial charge on any atom is -0.380 e. The van der Waals surface area contributed by atoms with Crippen molar-refractivity contribution in [3.63, 3.8) is 0 Å². The van der Waals surface area contributed by atoms with Crippen molar-refractivity contribution in [1.29, 1.82) is 0 Å². The van der Waals surface area contributed by atoms with Gasteiger partial charge in [0.2, 0.25) is 17.6 Å². The first kappa shape index (κ1) is 20.9. The molecule has 0 fully saturated rings. The van der Waals surface area contributed by atoms with Crippen LogP contribution in [0.25, 0.3) is 11.4 Å². The number of anilines is 1. The van der Waals surface area contributed by atoms with E-state index in [9.17, 15) is 4.79 Å². The zero-order valence-electron chi connectivity index (χ0n) is 16.6. The van der Waals surface area contributed by atoms with Crippen molar-refractivity contribution >= 4 is 23.2 Å². The number of para-hydroxylation sites is 1. The summed E-state index contributed by atoms with van der Waals surface area (Å²) in [5.74, 6) is 1.25. The van der Waals surface area contributed by atoms with Crippen molar-refractivity contribution in [2.45, 2.75) is 32.7 Å². The highest BCUT2D eigenvalue weighted by Crippen LogP contribution is 2.19. The largest absolute Gasteiger partial charge is 0.380 e. The molecule has 0 radical (unpaired) electrons. The topological polar surface area (TPSA) is 80.1 Å². The molecule has 1 unspecified atom stereocenters. The van der Waals surface area contributed by atoms with Gasteiger partial charge in [-0.15, -0.1) is 0 Å². The Kier molecular flexibility index (Phi) is 7.25. The number of carbonyl (C=O) groups is 1. The van der Waals surface area contributed by atoms with Crippen LogP contribution in [0.4, 0.5) is 5.69 Å². The fourth-order valence-corrected chi connectivity index (χ4v) is 2.93. The van der Waals surface area contributed by atoms with Gasteiger partial charge in [-0.3, -0.25) is 4.79 Å². The Morgan fingerprint density at radius 2 is 1.83 bits per heavy atom. The van der Waals surface area contributed by atoms with Crippen molar-refractivity contribution in [2.75, 3.05) is 11.9 Å². The predicted octanol–water partition coefficient (Wildman–Crippen LogP) is 4.58. The first-order valence-corrected chi connectivity index (χ1v) is 10.1. The average Bonchev–Trinajstić information content (AvgIpc) is 3.19. The molecule has 0 aliphatic carbocycles. The van der Waals surface area contributed by atoms with E-state index in [1.54, 1.807) is 12.1 Å². The van der Waals surface area contributed by atoms with E-state index in [4.69, 9.17) is 16.1 Å². The summed E-state index contributed by atoms with van der Waals surface area (Å²) in [6.45, 7) is 4.80. The molecule has 0 aliphatic rings. The summed E-state index contributed by atoms with van der Waals surface area (Å²) in [6, 6.07) is 17.3. The molecular formula is C22H25ClN4O2. The minimum absolute atomic E-state index is 0.0447. The fourth-order valence-electron chi connectivity index (χ4n) is 2.81. The molecule has 2 N–H and O–H groups in total. The van der Waals surface area contributed by atoms with Gasteiger partial charge < -0.3 is 15.2 Å². The number of aryl methyl sites for hydroxylation is 1. The maximum Gasteiger partial charge on any atom is 0.227 e. The highest BCUT2D eigenvalue weighted by atomic mass is 35.5. The van der Waals surface area contributed by atoms with Gasteiger partial charge in [0, 0.05) is 41.7 Å². The number of amides is 1. The van der Waals surface area contributed by atoms with Crippen molar-refractivity contribution in [1.82, 2.24) is 15.5 Å². The predicted molar refractivity (Wildman–Crippen MR) is 115 cm³/mol. The van der Waals surface area contributed by atoms with Gasteiger partial charge in [-0.2, -0.15) is 4.98 Å². The van der Waals surface area contributed by atoms with Crippen LogP contribution in [0.1, 0.15) is 26.2 Å². The Morgan fingerprint density at radius 1 is 1.10 bits per heavy atom. The van der Waals surface area contributed by atoms with Crippen LogP contribution in [0.3, 0.4) is 0 Å². The van der Waals surface area contributed by atoms with Crippen LogP contribution < -0.4 is 10.6 Å². The summed E-state index contributed by atoms with van der Waals surface area (Å²) in [5.41, 5.74) is 1.86. The summed E-state index contributed by atoms with van der Waals surface area (Å²) < 4.78 is 5.26. The Balaban J connectivity index is 1.47. The van der Waals surface area contributed by atoms with Crippen molar-refractivity contribution < 1.29 is 9.32 Å². The van der Waals surface area contributed by atoms with Gasteiger partial charge in [0.25, 0.3) is 0 Å². The third kappa shape index (κ3) is 6.32. The van der Waals surface area contributed by atoms with E-state index in [2.05, 4.69) is 34.6 Å². The van der Waals surface area contributed by atoms with E-state index in [1.807, 2.05) is 42.5 Å². The van der Waals surface area contributed by atoms with E-state index in [-0.39, 0.29) is 11.9 Å². The van der Waals surface area contributed by atoms with Gasteiger partial charge in [-0.1, -0.05) is 48.8 Å². The molecule has 6 nitrogen and oxygen atoms in total. The number of carbonyl (C=O) groups excluding carboxylic acids is 1. The van der Waals surface area contributed by atoms with Crippen molar-refractivity contribution in [3.8, 4) is 11.4 Å². The van der Waals surface area contributed by atoms with E-state index in [0.717, 1.165) is 11.3 Å². The van der Waals surface area contributed by atoms with Crippen LogP contribution in [0, 0.1) is 5.92 Å². The lowest BCUT2D eigenvalue weighted by atomic mass is 10.0. The van der Waals surface area contributed by atoms with Crippen molar-refractivity contribution in [2.24, 2.45) is 5.92 Å². The maximum absolute atomic E-state index is 12.3. The van der Waals surface area contributed by atoms with E-state index < -0.39 is 0 Å². The normalized spacial score (nSPS) is 12.0. The van der Waals surface area contributed by atoms with Crippen LogP contribution in [0.15, 0.2) is 59.1 Å². The highest BCUT2D eigenvalue weighted by Gasteiger charge is 2.15. The molecular weight excluding hydrogens is 388 g/mol. The average molecular weight is 413 g/mol. The number of hydrogen-bond acceptors (Lipinski definition) is 5. The molecule has 0 bridgehead atoms. The van der Waals surface area contributed by atoms with Crippen LogP contribution in [-0.4, -0.2) is 28.6 Å². The number of rotatable bonds is 9. The molecule has 0 saturated heterocycles. The van der Waals surface area contributed by atoms with Gasteiger partial charge in [0.1, 0.15) is 0 Å². The Hall–Kier alpha value is -2.86. The second-order valence-electron chi connectivity index (χ2n) is 7.18. The number of hydrogen-bond donors (Lipinski definition) is 2. The van der Waals surface area contributed by atoms with Crippen molar-refractivity contribution in [3.05, 3.63) is 65.5 Å². The van der Waals surface area contributed by atoms with E-state index in [1.165, 1.54) is 0 Å². The van der Waals surface area contributed by atoms with Crippen LogP contribution in [0.2, 0.25) is 5.02 Å². The number of nitrogens with one attached hydrogen (secondary N) is 2. The quantitative estimate of drug-likeness (QED) is 0.537. The first-order valence-electron chi connectivity index (χ1n) is 9.68. The Labute approximate surface area is 175 Å². The molecule has 0 saturated carbocycles. The van der Waals surface area contributed by atoms with E-state index >= 15 is 0 Å². The maximum atomic E-state index is 12.3. The van der Waals surface area contributed by atoms with Crippen LogP contribution in [0.5, 0.6) is 0 Å². The second kappa shape index (κ2) is 10.1. The Morgan fingerprint density at radius 3 is 2.52 bits per heavy atom. The van der Waals surface area contributed by atoms with Gasteiger partial charge in [-0.05, 0) is 42.3 Å². The molecule has 1 aromatic heterocycles. The highest BCUT2D eigenvalue weighted by molar-refractivity contribution is 6.30. The van der Waals surface area contributed by atoms with Crippen LogP contribution in [-0.2, 0) is 11.2 Å². The molecule has 1 atom stereocenters. The summed E-state index contributed by atoms with van der Waals surface area (Å²) in [6.07, 6.45) is 0.684. The molecule has 29 heavy (non-hydrogen) atoms. The molecule has 7 heteroatoms. The molecule has 152 valence electrons. The van der Waals surface area contributed by atoms with Gasteiger partial charge in [0.05, 0.1) is 0 Å². The fraction of sp³-hybridized carbons (Fsp3) is 0.318.